The Kier molecular flexibility index (Phi) is 5.99. The topological polar surface area (TPSA) is 0 Å². The third-order valence-corrected chi connectivity index (χ3v) is 18.8. The van der Waals surface area contributed by atoms with Crippen molar-refractivity contribution in [2.75, 3.05) is 0 Å². The smallest absolute Gasteiger partial charge is 0.0000261 e. The maximum Gasteiger partial charge on any atom is -0.0000261 e. The number of fused-ring (bicyclic) bond motifs is 6. The highest BCUT2D eigenvalue weighted by molar-refractivity contribution is 6.62. The summed E-state index contributed by atoms with van der Waals surface area (Å²) in [6, 6.07) is 0. The van der Waals surface area contributed by atoms with Gasteiger partial charge in [0.15, 0.2) is 0 Å². The van der Waals surface area contributed by atoms with Crippen LogP contribution in [0.2, 0.25) is 0 Å². The molecule has 0 aliphatic rings. The molecule has 0 N–H and O–H groups in total. The first-order chi connectivity index (χ1) is 28.4. The summed E-state index contributed by atoms with van der Waals surface area (Å²) in [4.78, 5) is 0. The molecule has 0 saturated carbocycles. The second-order valence-corrected chi connectivity index (χ2v) is 20.2. The van der Waals surface area contributed by atoms with E-state index >= 15 is 0 Å². The summed E-state index contributed by atoms with van der Waals surface area (Å²) < 4.78 is 0. The molecule has 13 rings (SSSR count). The van der Waals surface area contributed by atoms with E-state index in [9.17, 15) is 0 Å². The van der Waals surface area contributed by atoms with Crippen LogP contribution in [0.4, 0.5) is 0 Å². The molecule has 0 unspecified atom stereocenters. The molecule has 0 saturated heterocycles. The summed E-state index contributed by atoms with van der Waals surface area (Å²) in [5, 5.41) is 36.2. The van der Waals surface area contributed by atoms with Crippen LogP contribution in [0, 0.1) is 125 Å². The van der Waals surface area contributed by atoms with E-state index in [1.807, 2.05) is 0 Å². The number of hydrogen-bond donors (Lipinski definition) is 0. The molecular weight excluding hydrogens is 721 g/mol. The molecule has 0 radical (unpaired) electrons. The van der Waals surface area contributed by atoms with Gasteiger partial charge in [0.05, 0.1) is 0 Å². The van der Waals surface area contributed by atoms with E-state index in [0.717, 1.165) is 0 Å². The monoisotopic (exact) mass is 774 g/mol. The molecule has 0 fully saturated rings. The number of rotatable bonds is 0. The van der Waals surface area contributed by atoms with E-state index in [1.54, 1.807) is 0 Å². The van der Waals surface area contributed by atoms with Gasteiger partial charge in [0.2, 0.25) is 0 Å². The van der Waals surface area contributed by atoms with Gasteiger partial charge in [-0.1, -0.05) is 0 Å². The standard InChI is InChI=1S/C60H54/c1-19-25(7)37-39-27(9)20(2)29(11)41-43-31(13)22(4)33(15)45-47-35(17)24(6)36(18)48-46-34(16)23(5)32(14)44-42-30(12)21(3)28(10)40-38(26(19)8)49(37)55-56(50(39)41)58(52(43)45)60(54(47)48)59(53(44)46)57(55)51(40)42/h1-18H3. The van der Waals surface area contributed by atoms with E-state index in [-0.39, 0.29) is 0 Å². The Labute approximate surface area is 352 Å². The average molecular weight is 775 g/mol. The van der Waals surface area contributed by atoms with Crippen LogP contribution in [-0.4, -0.2) is 0 Å². The first kappa shape index (κ1) is 35.3. The second-order valence-electron chi connectivity index (χ2n) is 20.2. The van der Waals surface area contributed by atoms with Gasteiger partial charge in [0.25, 0.3) is 0 Å². The Morgan fingerprint density at radius 2 is 0.150 bits per heavy atom. The molecule has 0 heterocycles. The maximum absolute atomic E-state index is 2.44. The lowest BCUT2D eigenvalue weighted by Crippen LogP contribution is -2.08. The van der Waals surface area contributed by atoms with Gasteiger partial charge in [-0.2, -0.15) is 0 Å². The summed E-state index contributed by atoms with van der Waals surface area (Å²) in [5.74, 6) is 0. The fourth-order valence-electron chi connectivity index (χ4n) is 14.4. The first-order valence-corrected chi connectivity index (χ1v) is 22.5. The lowest BCUT2D eigenvalue weighted by Gasteiger charge is -2.34. The Balaban J connectivity index is 1.67. The number of hydrogen-bond acceptors (Lipinski definition) is 0. The van der Waals surface area contributed by atoms with Crippen molar-refractivity contribution in [3.05, 3.63) is 100 Å². The van der Waals surface area contributed by atoms with Crippen molar-refractivity contribution in [3.8, 4) is 0 Å². The Bertz CT molecular complexity index is 3310. The molecule has 13 aromatic rings. The Morgan fingerprint density at radius 3 is 0.233 bits per heavy atom. The van der Waals surface area contributed by atoms with Crippen LogP contribution >= 0.6 is 0 Å². The van der Waals surface area contributed by atoms with Gasteiger partial charge >= 0.3 is 0 Å². The van der Waals surface area contributed by atoms with Crippen molar-refractivity contribution in [1.29, 1.82) is 0 Å². The van der Waals surface area contributed by atoms with Crippen LogP contribution in [0.3, 0.4) is 0 Å². The minimum absolute atomic E-state index is 1.44. The minimum Gasteiger partial charge on any atom is -0.0440 e. The Hall–Kier alpha value is -5.46. The summed E-state index contributed by atoms with van der Waals surface area (Å²) in [7, 11) is 0. The van der Waals surface area contributed by atoms with E-state index in [1.165, 1.54) is 229 Å². The largest absolute Gasteiger partial charge is 0.0440 e. The molecule has 0 nitrogen and oxygen atoms in total. The molecule has 0 aromatic heterocycles. The van der Waals surface area contributed by atoms with Crippen LogP contribution in [0.25, 0.3) is 129 Å². The van der Waals surface area contributed by atoms with Crippen LogP contribution < -0.4 is 0 Å². The molecule has 294 valence electrons. The fraction of sp³-hybridized carbons (Fsp3) is 0.300. The quantitative estimate of drug-likeness (QED) is 0.106. The van der Waals surface area contributed by atoms with Crippen molar-refractivity contribution in [2.24, 2.45) is 0 Å². The third-order valence-electron chi connectivity index (χ3n) is 18.8. The van der Waals surface area contributed by atoms with Gasteiger partial charge in [-0.3, -0.25) is 0 Å². The highest BCUT2D eigenvalue weighted by Gasteiger charge is 2.37. The molecule has 0 atom stereocenters. The lowest BCUT2D eigenvalue weighted by molar-refractivity contribution is 1.29. The molecule has 0 aliphatic heterocycles. The van der Waals surface area contributed by atoms with Crippen LogP contribution in [0.1, 0.15) is 100 Å². The van der Waals surface area contributed by atoms with Crippen molar-refractivity contribution in [1.82, 2.24) is 0 Å². The molecule has 60 heavy (non-hydrogen) atoms. The summed E-state index contributed by atoms with van der Waals surface area (Å²) in [5.41, 5.74) is 26.0. The summed E-state index contributed by atoms with van der Waals surface area (Å²) >= 11 is 0. The SMILES string of the molecule is Cc1c(C)c2c3c(C)c(C)c(C)c4c5c(C)c(C)c(C)c6c7c(C)c(C)c(C)c8c9c(C)c(C)c(C)c%10c%11c(C)c(C)c(C)c%12c(c1C)c2c1c(c34)c(c56)c(c78)c(c%109)c1c%12%11. The highest BCUT2D eigenvalue weighted by atomic mass is 14.4. The van der Waals surface area contributed by atoms with Gasteiger partial charge in [0.1, 0.15) is 0 Å². The zero-order chi connectivity index (χ0) is 42.2. The van der Waals surface area contributed by atoms with Gasteiger partial charge < -0.3 is 0 Å². The van der Waals surface area contributed by atoms with Gasteiger partial charge in [-0.25, -0.2) is 0 Å². The van der Waals surface area contributed by atoms with E-state index in [4.69, 9.17) is 0 Å². The van der Waals surface area contributed by atoms with Crippen LogP contribution in [0.5, 0.6) is 0 Å². The predicted octanol–water partition coefficient (Wildman–Crippen LogP) is 17.7. The third kappa shape index (κ3) is 3.15. The fourth-order valence-corrected chi connectivity index (χ4v) is 14.4. The normalized spacial score (nSPS) is 13.5. The molecular formula is C60H54. The highest BCUT2D eigenvalue weighted by Crippen LogP contribution is 2.64. The summed E-state index contributed by atoms with van der Waals surface area (Å²) in [6.07, 6.45) is 0. The molecule has 0 aliphatic carbocycles. The summed E-state index contributed by atoms with van der Waals surface area (Å²) in [6.45, 7) is 43.8. The minimum atomic E-state index is 1.44. The van der Waals surface area contributed by atoms with Crippen molar-refractivity contribution in [3.63, 3.8) is 0 Å². The number of benzene rings is 13. The molecule has 0 bridgehead atoms. The van der Waals surface area contributed by atoms with Crippen molar-refractivity contribution < 1.29 is 0 Å². The van der Waals surface area contributed by atoms with Crippen molar-refractivity contribution >= 4 is 129 Å². The maximum atomic E-state index is 2.44. The lowest BCUT2D eigenvalue weighted by atomic mass is 9.68. The zero-order valence-corrected chi connectivity index (χ0v) is 39.0. The van der Waals surface area contributed by atoms with E-state index in [2.05, 4.69) is 125 Å². The van der Waals surface area contributed by atoms with E-state index < -0.39 is 0 Å². The molecule has 13 aromatic carbocycles. The molecule has 0 spiro atoms. The average Bonchev–Trinajstić information content (AvgIpc) is 3.23. The first-order valence-electron chi connectivity index (χ1n) is 22.5. The van der Waals surface area contributed by atoms with Crippen molar-refractivity contribution in [2.45, 2.75) is 125 Å². The van der Waals surface area contributed by atoms with Gasteiger partial charge in [0, 0.05) is 0 Å². The second kappa shape index (κ2) is 10.2. The molecule has 0 heteroatoms. The Morgan fingerprint density at radius 1 is 0.0833 bits per heavy atom. The van der Waals surface area contributed by atoms with E-state index in [0.29, 0.717) is 0 Å². The number of aryl methyl sites for hydroxylation is 12. The van der Waals surface area contributed by atoms with Gasteiger partial charge in [-0.15, -0.1) is 0 Å². The zero-order valence-electron chi connectivity index (χ0n) is 39.0. The van der Waals surface area contributed by atoms with Crippen LogP contribution in [-0.2, 0) is 0 Å². The molecule has 0 amide bonds. The predicted molar refractivity (Wildman–Crippen MR) is 269 cm³/mol. The van der Waals surface area contributed by atoms with Gasteiger partial charge in [-0.05, 0) is 354 Å². The van der Waals surface area contributed by atoms with Crippen LogP contribution in [0.15, 0.2) is 0 Å².